The number of aliphatic hydroxyl groups is 1. The van der Waals surface area contributed by atoms with E-state index < -0.39 is 6.10 Å². The molecule has 2 atom stereocenters. The first-order valence-corrected chi connectivity index (χ1v) is 6.51. The maximum Gasteiger partial charge on any atom is 0.0945 e. The summed E-state index contributed by atoms with van der Waals surface area (Å²) in [6, 6.07) is 5.05. The van der Waals surface area contributed by atoms with E-state index in [0.29, 0.717) is 6.04 Å². The van der Waals surface area contributed by atoms with Gasteiger partial charge in [0, 0.05) is 12.1 Å². The SMILES string of the molecule is Cc1cc(C)c(C(O)C(C)NC2CC2)c(C)c1. The third kappa shape index (κ3) is 2.88. The van der Waals surface area contributed by atoms with Crippen molar-refractivity contribution in [2.24, 2.45) is 0 Å². The van der Waals surface area contributed by atoms with Crippen LogP contribution in [0, 0.1) is 20.8 Å². The van der Waals surface area contributed by atoms with Gasteiger partial charge in [0.05, 0.1) is 6.10 Å². The first kappa shape index (κ1) is 12.6. The van der Waals surface area contributed by atoms with E-state index in [1.54, 1.807) is 0 Å². The van der Waals surface area contributed by atoms with E-state index in [1.807, 2.05) is 0 Å². The highest BCUT2D eigenvalue weighted by Gasteiger charge is 2.27. The lowest BCUT2D eigenvalue weighted by Crippen LogP contribution is -2.34. The minimum Gasteiger partial charge on any atom is -0.387 e. The van der Waals surface area contributed by atoms with Gasteiger partial charge >= 0.3 is 0 Å². The van der Waals surface area contributed by atoms with E-state index in [-0.39, 0.29) is 6.04 Å². The van der Waals surface area contributed by atoms with Crippen LogP contribution in [0.5, 0.6) is 0 Å². The molecular weight excluding hydrogens is 210 g/mol. The molecule has 1 saturated carbocycles. The number of aryl methyl sites for hydroxylation is 3. The molecule has 1 aliphatic carbocycles. The van der Waals surface area contributed by atoms with Crippen LogP contribution >= 0.6 is 0 Å². The molecule has 0 radical (unpaired) electrons. The Hall–Kier alpha value is -0.860. The van der Waals surface area contributed by atoms with E-state index >= 15 is 0 Å². The van der Waals surface area contributed by atoms with Crippen LogP contribution in [0.25, 0.3) is 0 Å². The fourth-order valence-corrected chi connectivity index (χ4v) is 2.62. The predicted molar refractivity (Wildman–Crippen MR) is 71.2 cm³/mol. The van der Waals surface area contributed by atoms with Gasteiger partial charge in [0.2, 0.25) is 0 Å². The van der Waals surface area contributed by atoms with Crippen LogP contribution < -0.4 is 5.32 Å². The number of hydrogen-bond acceptors (Lipinski definition) is 2. The van der Waals surface area contributed by atoms with Gasteiger partial charge in [-0.25, -0.2) is 0 Å². The van der Waals surface area contributed by atoms with Gasteiger partial charge in [-0.15, -0.1) is 0 Å². The highest BCUT2D eigenvalue weighted by atomic mass is 16.3. The Bertz CT molecular complexity index is 386. The number of rotatable bonds is 4. The van der Waals surface area contributed by atoms with Gasteiger partial charge < -0.3 is 10.4 Å². The zero-order valence-corrected chi connectivity index (χ0v) is 11.2. The summed E-state index contributed by atoms with van der Waals surface area (Å²) < 4.78 is 0. The van der Waals surface area contributed by atoms with Crippen LogP contribution in [0.3, 0.4) is 0 Å². The third-order valence-electron chi connectivity index (χ3n) is 3.58. The fraction of sp³-hybridized carbons (Fsp3) is 0.600. The second kappa shape index (κ2) is 4.79. The van der Waals surface area contributed by atoms with Gasteiger partial charge in [-0.05, 0) is 57.2 Å². The molecule has 1 aliphatic rings. The van der Waals surface area contributed by atoms with E-state index in [9.17, 15) is 5.11 Å². The lowest BCUT2D eigenvalue weighted by molar-refractivity contribution is 0.134. The lowest BCUT2D eigenvalue weighted by atomic mass is 9.92. The molecule has 0 aromatic heterocycles. The highest BCUT2D eigenvalue weighted by Crippen LogP contribution is 2.28. The largest absolute Gasteiger partial charge is 0.387 e. The van der Waals surface area contributed by atoms with Crippen molar-refractivity contribution in [2.75, 3.05) is 0 Å². The van der Waals surface area contributed by atoms with E-state index in [4.69, 9.17) is 0 Å². The summed E-state index contributed by atoms with van der Waals surface area (Å²) in [4.78, 5) is 0. The van der Waals surface area contributed by atoms with Crippen LogP contribution in [-0.4, -0.2) is 17.2 Å². The van der Waals surface area contributed by atoms with Gasteiger partial charge in [0.25, 0.3) is 0 Å². The predicted octanol–water partition coefficient (Wildman–Crippen LogP) is 2.79. The zero-order chi connectivity index (χ0) is 12.6. The summed E-state index contributed by atoms with van der Waals surface area (Å²) in [7, 11) is 0. The zero-order valence-electron chi connectivity index (χ0n) is 11.2. The van der Waals surface area contributed by atoms with Crippen LogP contribution in [0.2, 0.25) is 0 Å². The van der Waals surface area contributed by atoms with Crippen LogP contribution in [0.4, 0.5) is 0 Å². The van der Waals surface area contributed by atoms with Crippen molar-refractivity contribution in [1.29, 1.82) is 0 Å². The molecule has 1 aromatic rings. The maximum absolute atomic E-state index is 10.5. The first-order chi connectivity index (χ1) is 7.99. The monoisotopic (exact) mass is 233 g/mol. The molecule has 0 heterocycles. The summed E-state index contributed by atoms with van der Waals surface area (Å²) in [5.41, 5.74) is 4.74. The Labute approximate surface area is 104 Å². The second-order valence-electron chi connectivity index (χ2n) is 5.49. The number of benzene rings is 1. The van der Waals surface area contributed by atoms with Crippen molar-refractivity contribution < 1.29 is 5.11 Å². The molecule has 0 saturated heterocycles. The molecule has 0 aliphatic heterocycles. The molecule has 1 fully saturated rings. The molecular formula is C15H23NO. The fourth-order valence-electron chi connectivity index (χ4n) is 2.62. The minimum absolute atomic E-state index is 0.127. The van der Waals surface area contributed by atoms with Crippen molar-refractivity contribution in [3.63, 3.8) is 0 Å². The Balaban J connectivity index is 2.19. The van der Waals surface area contributed by atoms with E-state index in [2.05, 4.69) is 45.1 Å². The molecule has 2 nitrogen and oxygen atoms in total. The molecule has 0 spiro atoms. The molecule has 2 rings (SSSR count). The molecule has 0 bridgehead atoms. The average Bonchev–Trinajstić information content (AvgIpc) is 2.99. The lowest BCUT2D eigenvalue weighted by Gasteiger charge is -2.24. The molecule has 2 unspecified atom stereocenters. The van der Waals surface area contributed by atoms with Crippen molar-refractivity contribution in [3.05, 3.63) is 34.4 Å². The summed E-state index contributed by atoms with van der Waals surface area (Å²) in [5, 5.41) is 13.9. The van der Waals surface area contributed by atoms with Crippen LogP contribution in [-0.2, 0) is 0 Å². The van der Waals surface area contributed by atoms with Crippen molar-refractivity contribution in [3.8, 4) is 0 Å². The van der Waals surface area contributed by atoms with E-state index in [0.717, 1.165) is 5.56 Å². The Morgan fingerprint density at radius 1 is 1.18 bits per heavy atom. The number of nitrogens with one attached hydrogen (secondary N) is 1. The first-order valence-electron chi connectivity index (χ1n) is 6.51. The summed E-state index contributed by atoms with van der Waals surface area (Å²) in [6.07, 6.45) is 2.10. The van der Waals surface area contributed by atoms with Gasteiger partial charge in [-0.1, -0.05) is 17.7 Å². The normalized spacial score (nSPS) is 19.1. The second-order valence-corrected chi connectivity index (χ2v) is 5.49. The molecule has 2 N–H and O–H groups in total. The quantitative estimate of drug-likeness (QED) is 0.838. The minimum atomic E-state index is -0.406. The smallest absolute Gasteiger partial charge is 0.0945 e. The molecule has 0 amide bonds. The molecule has 2 heteroatoms. The maximum atomic E-state index is 10.5. The Morgan fingerprint density at radius 3 is 2.18 bits per heavy atom. The Kier molecular flexibility index (Phi) is 3.55. The summed E-state index contributed by atoms with van der Waals surface area (Å²) >= 11 is 0. The molecule has 17 heavy (non-hydrogen) atoms. The van der Waals surface area contributed by atoms with Gasteiger partial charge in [-0.2, -0.15) is 0 Å². The topological polar surface area (TPSA) is 32.3 Å². The summed E-state index contributed by atoms with van der Waals surface area (Å²) in [5.74, 6) is 0. The number of hydrogen-bond donors (Lipinski definition) is 2. The van der Waals surface area contributed by atoms with Crippen LogP contribution in [0.1, 0.15) is 48.1 Å². The average molecular weight is 233 g/mol. The molecule has 1 aromatic carbocycles. The Morgan fingerprint density at radius 2 is 1.71 bits per heavy atom. The number of aliphatic hydroxyl groups excluding tert-OH is 1. The van der Waals surface area contributed by atoms with E-state index in [1.165, 1.54) is 29.5 Å². The standard InChI is InChI=1S/C15H23NO/c1-9-7-10(2)14(11(3)8-9)15(17)12(4)16-13-5-6-13/h7-8,12-13,15-17H,5-6H2,1-4H3. The van der Waals surface area contributed by atoms with Gasteiger partial charge in [-0.3, -0.25) is 0 Å². The van der Waals surface area contributed by atoms with Crippen molar-refractivity contribution in [1.82, 2.24) is 5.32 Å². The van der Waals surface area contributed by atoms with Crippen molar-refractivity contribution >= 4 is 0 Å². The van der Waals surface area contributed by atoms with Crippen LogP contribution in [0.15, 0.2) is 12.1 Å². The summed E-state index contributed by atoms with van der Waals surface area (Å²) in [6.45, 7) is 8.34. The van der Waals surface area contributed by atoms with Gasteiger partial charge in [0.15, 0.2) is 0 Å². The van der Waals surface area contributed by atoms with Crippen molar-refractivity contribution in [2.45, 2.75) is 58.7 Å². The highest BCUT2D eigenvalue weighted by molar-refractivity contribution is 5.39. The van der Waals surface area contributed by atoms with Gasteiger partial charge in [0.1, 0.15) is 0 Å². The third-order valence-corrected chi connectivity index (χ3v) is 3.58. The molecule has 94 valence electrons.